The zero-order chi connectivity index (χ0) is 39.0. The summed E-state index contributed by atoms with van der Waals surface area (Å²) in [6.07, 6.45) is 17.9. The van der Waals surface area contributed by atoms with E-state index in [9.17, 15) is 19.2 Å². The highest BCUT2D eigenvalue weighted by Gasteiger charge is 2.42. The summed E-state index contributed by atoms with van der Waals surface area (Å²) in [5.74, 6) is -0.985. The molecule has 0 atom stereocenters. The Morgan fingerprint density at radius 3 is 0.981 bits per heavy atom. The number of amides is 2. The third-order valence-electron chi connectivity index (χ3n) is 11.0. The lowest BCUT2D eigenvalue weighted by atomic mass is 9.78. The first-order chi connectivity index (χ1) is 24.2. The molecule has 0 aromatic carbocycles. The second kappa shape index (κ2) is 21.6. The van der Waals surface area contributed by atoms with Gasteiger partial charge in [0.15, 0.2) is 0 Å². The molecule has 2 rings (SSSR count). The molecule has 0 saturated carbocycles. The summed E-state index contributed by atoms with van der Waals surface area (Å²) in [6.45, 7) is 19.4. The van der Waals surface area contributed by atoms with Crippen LogP contribution in [0.3, 0.4) is 0 Å². The van der Waals surface area contributed by atoms with Crippen LogP contribution in [0.4, 0.5) is 0 Å². The first kappa shape index (κ1) is 46.0. The quantitative estimate of drug-likeness (QED) is 0.0686. The highest BCUT2D eigenvalue weighted by molar-refractivity contribution is 5.77. The van der Waals surface area contributed by atoms with E-state index >= 15 is 0 Å². The van der Waals surface area contributed by atoms with E-state index in [1.165, 1.54) is 0 Å². The fourth-order valence-electron chi connectivity index (χ4n) is 9.37. The number of rotatable bonds is 25. The molecular weight excluding hydrogens is 656 g/mol. The van der Waals surface area contributed by atoms with Gasteiger partial charge in [0, 0.05) is 73.0 Å². The number of carbonyl (C=O) groups is 4. The van der Waals surface area contributed by atoms with Crippen molar-refractivity contribution in [1.29, 1.82) is 0 Å². The number of carboxylic acid groups (broad SMARTS) is 2. The van der Waals surface area contributed by atoms with Crippen molar-refractivity contribution in [3.63, 3.8) is 0 Å². The maximum atomic E-state index is 13.7. The van der Waals surface area contributed by atoms with E-state index in [2.05, 4.69) is 75.8 Å². The van der Waals surface area contributed by atoms with Gasteiger partial charge in [-0.1, -0.05) is 51.4 Å². The lowest BCUT2D eigenvalue weighted by Crippen LogP contribution is -2.63. The predicted molar refractivity (Wildman–Crippen MR) is 210 cm³/mol. The molecule has 2 fully saturated rings. The smallest absolute Gasteiger partial charge is 0.303 e. The molecule has 2 amide bonds. The van der Waals surface area contributed by atoms with Crippen LogP contribution in [0.5, 0.6) is 0 Å². The lowest BCUT2D eigenvalue weighted by molar-refractivity contribution is -0.138. The highest BCUT2D eigenvalue weighted by atomic mass is 16.4. The third kappa shape index (κ3) is 18.7. The topological polar surface area (TPSA) is 139 Å². The average Bonchev–Trinajstić information content (AvgIpc) is 2.97. The van der Waals surface area contributed by atoms with Crippen molar-refractivity contribution in [3.05, 3.63) is 0 Å². The summed E-state index contributed by atoms with van der Waals surface area (Å²) < 4.78 is 0. The average molecular weight is 735 g/mol. The Balaban J connectivity index is 1.96. The monoisotopic (exact) mass is 735 g/mol. The summed E-state index contributed by atoms with van der Waals surface area (Å²) >= 11 is 0. The molecule has 52 heavy (non-hydrogen) atoms. The molecule has 2 aliphatic heterocycles. The van der Waals surface area contributed by atoms with E-state index in [0.29, 0.717) is 25.7 Å². The number of aliphatic carboxylic acids is 2. The van der Waals surface area contributed by atoms with E-state index < -0.39 is 11.9 Å². The number of unbranched alkanes of at least 4 members (excludes halogenated alkanes) is 11. The van der Waals surface area contributed by atoms with Gasteiger partial charge in [-0.05, 0) is 120 Å². The van der Waals surface area contributed by atoms with Crippen LogP contribution in [0.1, 0.15) is 197 Å². The molecule has 10 nitrogen and oxygen atoms in total. The van der Waals surface area contributed by atoms with Gasteiger partial charge in [-0.2, -0.15) is 0 Å². The largest absolute Gasteiger partial charge is 0.481 e. The number of nitrogens with zero attached hydrogens (tertiary/aromatic N) is 2. The molecule has 0 aliphatic carbocycles. The van der Waals surface area contributed by atoms with Gasteiger partial charge in [-0.15, -0.1) is 0 Å². The summed E-state index contributed by atoms with van der Waals surface area (Å²) in [4.78, 5) is 53.5. The van der Waals surface area contributed by atoms with Crippen LogP contribution in [0.15, 0.2) is 0 Å². The fraction of sp³-hybridized carbons (Fsp3) is 0.905. The van der Waals surface area contributed by atoms with E-state index in [4.69, 9.17) is 10.2 Å². The molecule has 4 N–H and O–H groups in total. The molecule has 10 heteroatoms. The second-order valence-corrected chi connectivity index (χ2v) is 18.8. The molecular formula is C42H78N4O6. The second-order valence-electron chi connectivity index (χ2n) is 18.8. The lowest BCUT2D eigenvalue weighted by Gasteiger charge is -2.50. The summed E-state index contributed by atoms with van der Waals surface area (Å²) in [5.41, 5.74) is -0.210. The Bertz CT molecular complexity index is 1000. The fourth-order valence-corrected chi connectivity index (χ4v) is 9.37. The number of nitrogens with one attached hydrogen (secondary N) is 2. The molecule has 0 bridgehead atoms. The van der Waals surface area contributed by atoms with Crippen molar-refractivity contribution in [2.24, 2.45) is 0 Å². The Hall–Kier alpha value is -2.20. The summed E-state index contributed by atoms with van der Waals surface area (Å²) in [7, 11) is 0. The van der Waals surface area contributed by atoms with Crippen molar-refractivity contribution in [3.8, 4) is 0 Å². The number of piperidine rings is 2. The SMILES string of the molecule is CC1(C)CC(N(CCCCCCN(C(=O)CCCCCCCC(=O)O)C2CC(C)(C)NC(C)(C)C2)C(=O)CCCCCCCC(=O)O)CC(C)(C)N1. The van der Waals surface area contributed by atoms with Crippen molar-refractivity contribution in [2.75, 3.05) is 13.1 Å². The van der Waals surface area contributed by atoms with E-state index in [0.717, 1.165) is 116 Å². The van der Waals surface area contributed by atoms with Gasteiger partial charge in [-0.25, -0.2) is 0 Å². The summed E-state index contributed by atoms with van der Waals surface area (Å²) in [6, 6.07) is 0.400. The molecule has 0 aromatic heterocycles. The van der Waals surface area contributed by atoms with E-state index in [-0.39, 0.29) is 58.9 Å². The maximum absolute atomic E-state index is 13.7. The minimum atomic E-state index is -0.742. The molecule has 0 unspecified atom stereocenters. The van der Waals surface area contributed by atoms with Crippen LogP contribution in [0.2, 0.25) is 0 Å². The van der Waals surface area contributed by atoms with Gasteiger partial charge in [0.2, 0.25) is 11.8 Å². The predicted octanol–water partition coefficient (Wildman–Crippen LogP) is 8.45. The van der Waals surface area contributed by atoms with Crippen molar-refractivity contribution < 1.29 is 29.4 Å². The number of hydrogen-bond acceptors (Lipinski definition) is 6. The first-order valence-electron chi connectivity index (χ1n) is 20.8. The molecule has 0 aromatic rings. The molecule has 2 heterocycles. The van der Waals surface area contributed by atoms with E-state index in [1.807, 2.05) is 0 Å². The van der Waals surface area contributed by atoms with Gasteiger partial charge in [0.25, 0.3) is 0 Å². The van der Waals surface area contributed by atoms with Crippen LogP contribution in [0, 0.1) is 0 Å². The molecule has 302 valence electrons. The number of hydrogen-bond donors (Lipinski definition) is 4. The summed E-state index contributed by atoms with van der Waals surface area (Å²) in [5, 5.41) is 25.3. The first-order valence-corrected chi connectivity index (χ1v) is 20.8. The van der Waals surface area contributed by atoms with Gasteiger partial charge in [0.1, 0.15) is 0 Å². The molecule has 0 radical (unpaired) electrons. The Labute approximate surface area is 317 Å². The Morgan fingerprint density at radius 1 is 0.442 bits per heavy atom. The Kier molecular flexibility index (Phi) is 19.1. The van der Waals surface area contributed by atoms with Gasteiger partial charge in [0.05, 0.1) is 0 Å². The van der Waals surface area contributed by atoms with Crippen LogP contribution in [0.25, 0.3) is 0 Å². The maximum Gasteiger partial charge on any atom is 0.303 e. The number of carboxylic acids is 2. The van der Waals surface area contributed by atoms with Crippen LogP contribution >= 0.6 is 0 Å². The molecule has 0 spiro atoms. The number of carbonyl (C=O) groups excluding carboxylic acids is 2. The minimum Gasteiger partial charge on any atom is -0.481 e. The normalized spacial score (nSPS) is 19.6. The van der Waals surface area contributed by atoms with Gasteiger partial charge >= 0.3 is 11.9 Å². The van der Waals surface area contributed by atoms with Crippen LogP contribution < -0.4 is 10.6 Å². The highest BCUT2D eigenvalue weighted by Crippen LogP contribution is 2.34. The van der Waals surface area contributed by atoms with E-state index in [1.54, 1.807) is 0 Å². The zero-order valence-corrected chi connectivity index (χ0v) is 34.5. The van der Waals surface area contributed by atoms with Crippen LogP contribution in [-0.2, 0) is 19.2 Å². The third-order valence-corrected chi connectivity index (χ3v) is 11.0. The zero-order valence-electron chi connectivity index (χ0n) is 34.5. The Morgan fingerprint density at radius 2 is 0.692 bits per heavy atom. The standard InChI is InChI=1S/C42H78N4O6/c1-39(2)29-33(30-40(3,4)43-39)45(35(47)23-17-11-9-13-19-25-37(49)50)27-21-15-16-22-28-46(34-31-41(5,6)44-42(7,8)32-34)36(48)24-18-12-10-14-20-26-38(51)52/h33-34,43-44H,9-32H2,1-8H3,(H,49,50)(H,51,52). The molecule has 2 saturated heterocycles. The van der Waals surface area contributed by atoms with Gasteiger partial charge < -0.3 is 30.6 Å². The van der Waals surface area contributed by atoms with Crippen molar-refractivity contribution in [2.45, 2.75) is 231 Å². The van der Waals surface area contributed by atoms with Crippen molar-refractivity contribution >= 4 is 23.8 Å². The molecule has 2 aliphatic rings. The van der Waals surface area contributed by atoms with Gasteiger partial charge in [-0.3, -0.25) is 19.2 Å². The van der Waals surface area contributed by atoms with Crippen LogP contribution in [-0.4, -0.2) is 91.1 Å². The minimum absolute atomic E-state index is 0.0524. The van der Waals surface area contributed by atoms with Crippen molar-refractivity contribution in [1.82, 2.24) is 20.4 Å².